The molecule has 0 saturated carbocycles. The number of benzene rings is 10. The maximum atomic E-state index is 2.41. The number of anilines is 3. The average molecular weight is 739 g/mol. The number of fused-ring (bicyclic) bond motifs is 5. The third-order valence-corrected chi connectivity index (χ3v) is 11.6. The SMILES string of the molecule is c1ccc(-c2ccc(N(c3ccc(-c4ccccc4)cc3)c3ccc(-c4ccc(-n5c6ccccc6c6cc7ccccc7cc65)cc4)c4ccccc34)cc2)cc1. The molecule has 1 aromatic heterocycles. The summed E-state index contributed by atoms with van der Waals surface area (Å²) in [5, 5.41) is 7.45. The van der Waals surface area contributed by atoms with Crippen LogP contribution in [0, 0.1) is 0 Å². The van der Waals surface area contributed by atoms with Crippen molar-refractivity contribution in [1.82, 2.24) is 4.57 Å². The normalized spacial score (nSPS) is 11.4. The molecule has 0 radical (unpaired) electrons. The fraction of sp³-hybridized carbons (Fsp3) is 0. The predicted molar refractivity (Wildman–Crippen MR) is 247 cm³/mol. The molecule has 0 bridgehead atoms. The predicted octanol–water partition coefficient (Wildman–Crippen LogP) is 15.6. The quantitative estimate of drug-likeness (QED) is 0.158. The molecule has 2 nitrogen and oxygen atoms in total. The van der Waals surface area contributed by atoms with Crippen molar-refractivity contribution in [2.75, 3.05) is 4.90 Å². The van der Waals surface area contributed by atoms with E-state index in [4.69, 9.17) is 0 Å². The number of rotatable bonds is 7. The Bertz CT molecular complexity index is 3150. The molecule has 0 atom stereocenters. The monoisotopic (exact) mass is 738 g/mol. The van der Waals surface area contributed by atoms with E-state index in [0.29, 0.717) is 0 Å². The Morgan fingerprint density at radius 1 is 0.293 bits per heavy atom. The van der Waals surface area contributed by atoms with E-state index in [1.807, 2.05) is 0 Å². The van der Waals surface area contributed by atoms with Crippen molar-refractivity contribution in [3.05, 3.63) is 231 Å². The highest BCUT2D eigenvalue weighted by atomic mass is 15.1. The second kappa shape index (κ2) is 14.1. The van der Waals surface area contributed by atoms with Crippen LogP contribution >= 0.6 is 0 Å². The Morgan fingerprint density at radius 3 is 1.40 bits per heavy atom. The van der Waals surface area contributed by atoms with Crippen molar-refractivity contribution in [1.29, 1.82) is 0 Å². The molecule has 272 valence electrons. The van der Waals surface area contributed by atoms with Crippen molar-refractivity contribution in [2.24, 2.45) is 0 Å². The van der Waals surface area contributed by atoms with Crippen molar-refractivity contribution >= 4 is 60.4 Å². The Morgan fingerprint density at radius 2 is 0.776 bits per heavy atom. The molecular weight excluding hydrogens is 701 g/mol. The van der Waals surface area contributed by atoms with Gasteiger partial charge in [0, 0.05) is 33.2 Å². The molecule has 0 aliphatic rings. The summed E-state index contributed by atoms with van der Waals surface area (Å²) in [5.74, 6) is 0. The highest BCUT2D eigenvalue weighted by Gasteiger charge is 2.19. The van der Waals surface area contributed by atoms with Gasteiger partial charge in [0.15, 0.2) is 0 Å². The van der Waals surface area contributed by atoms with Crippen LogP contribution in [0.1, 0.15) is 0 Å². The minimum atomic E-state index is 1.10. The van der Waals surface area contributed by atoms with Crippen molar-refractivity contribution in [2.45, 2.75) is 0 Å². The topological polar surface area (TPSA) is 8.17 Å². The Balaban J connectivity index is 1.02. The van der Waals surface area contributed by atoms with Gasteiger partial charge in [0.25, 0.3) is 0 Å². The largest absolute Gasteiger partial charge is 0.310 e. The summed E-state index contributed by atoms with van der Waals surface area (Å²) in [5.41, 5.74) is 14.1. The van der Waals surface area contributed by atoms with Gasteiger partial charge in [0.2, 0.25) is 0 Å². The summed E-state index contributed by atoms with van der Waals surface area (Å²) in [4.78, 5) is 2.39. The highest BCUT2D eigenvalue weighted by molar-refractivity contribution is 6.13. The number of hydrogen-bond acceptors (Lipinski definition) is 1. The van der Waals surface area contributed by atoms with Gasteiger partial charge in [-0.3, -0.25) is 0 Å². The van der Waals surface area contributed by atoms with Crippen molar-refractivity contribution in [3.8, 4) is 39.1 Å². The van der Waals surface area contributed by atoms with Crippen LogP contribution in [0.4, 0.5) is 17.1 Å². The third kappa shape index (κ3) is 5.82. The third-order valence-electron chi connectivity index (χ3n) is 11.6. The standard InChI is InChI=1S/C56H38N2/c1-3-13-39(14-4-1)41-23-29-46(30-24-41)57(47-31-25-42(26-32-47)40-15-5-2-6-16-40)55-36-35-49(50-19-9-10-20-51(50)55)43-27-33-48(34-28-43)58-54-22-12-11-21-52(54)53-37-44-17-7-8-18-45(44)38-56(53)58/h1-38H. The van der Waals surface area contributed by atoms with Crippen LogP contribution in [-0.2, 0) is 0 Å². The van der Waals surface area contributed by atoms with Gasteiger partial charge in [0.1, 0.15) is 0 Å². The lowest BCUT2D eigenvalue weighted by molar-refractivity contribution is 1.18. The van der Waals surface area contributed by atoms with Crippen LogP contribution in [0.15, 0.2) is 231 Å². The summed E-state index contributed by atoms with van der Waals surface area (Å²) >= 11 is 0. The second-order valence-corrected chi connectivity index (χ2v) is 15.0. The molecule has 58 heavy (non-hydrogen) atoms. The molecule has 0 aliphatic heterocycles. The number of aromatic nitrogens is 1. The molecule has 2 heteroatoms. The summed E-state index contributed by atoms with van der Waals surface area (Å²) < 4.78 is 2.41. The fourth-order valence-electron chi connectivity index (χ4n) is 8.75. The van der Waals surface area contributed by atoms with E-state index in [1.165, 1.54) is 76.7 Å². The van der Waals surface area contributed by atoms with Gasteiger partial charge in [-0.25, -0.2) is 0 Å². The number of nitrogens with zero attached hydrogens (tertiary/aromatic N) is 2. The summed E-state index contributed by atoms with van der Waals surface area (Å²) in [6.45, 7) is 0. The van der Waals surface area contributed by atoms with Crippen molar-refractivity contribution in [3.63, 3.8) is 0 Å². The van der Waals surface area contributed by atoms with Gasteiger partial charge in [-0.15, -0.1) is 0 Å². The van der Waals surface area contributed by atoms with E-state index in [-0.39, 0.29) is 0 Å². The van der Waals surface area contributed by atoms with Crippen LogP contribution in [0.25, 0.3) is 82.4 Å². The molecular formula is C56H38N2. The average Bonchev–Trinajstić information content (AvgIpc) is 3.62. The summed E-state index contributed by atoms with van der Waals surface area (Å²) in [6.07, 6.45) is 0. The lowest BCUT2D eigenvalue weighted by atomic mass is 9.96. The van der Waals surface area contributed by atoms with E-state index in [2.05, 4.69) is 240 Å². The van der Waals surface area contributed by atoms with Crippen LogP contribution in [0.5, 0.6) is 0 Å². The van der Waals surface area contributed by atoms with E-state index in [0.717, 1.165) is 22.7 Å². The lowest BCUT2D eigenvalue weighted by Crippen LogP contribution is -2.10. The first-order chi connectivity index (χ1) is 28.8. The fourth-order valence-corrected chi connectivity index (χ4v) is 8.75. The molecule has 0 fully saturated rings. The van der Waals surface area contributed by atoms with Gasteiger partial charge in [-0.2, -0.15) is 0 Å². The summed E-state index contributed by atoms with van der Waals surface area (Å²) in [6, 6.07) is 83.6. The maximum absolute atomic E-state index is 2.41. The Labute approximate surface area is 338 Å². The van der Waals surface area contributed by atoms with Gasteiger partial charge < -0.3 is 9.47 Å². The molecule has 11 aromatic rings. The minimum Gasteiger partial charge on any atom is -0.310 e. The molecule has 0 saturated heterocycles. The smallest absolute Gasteiger partial charge is 0.0547 e. The summed E-state index contributed by atoms with van der Waals surface area (Å²) in [7, 11) is 0. The van der Waals surface area contributed by atoms with Crippen LogP contribution < -0.4 is 4.90 Å². The van der Waals surface area contributed by atoms with E-state index >= 15 is 0 Å². The number of hydrogen-bond donors (Lipinski definition) is 0. The van der Waals surface area contributed by atoms with Gasteiger partial charge in [-0.05, 0) is 110 Å². The zero-order valence-electron chi connectivity index (χ0n) is 31.8. The minimum absolute atomic E-state index is 1.10. The first-order valence-corrected chi connectivity index (χ1v) is 19.9. The molecule has 0 N–H and O–H groups in total. The molecule has 0 unspecified atom stereocenters. The first kappa shape index (κ1) is 33.6. The van der Waals surface area contributed by atoms with E-state index in [9.17, 15) is 0 Å². The molecule has 1 heterocycles. The zero-order valence-corrected chi connectivity index (χ0v) is 31.8. The van der Waals surface area contributed by atoms with Crippen LogP contribution in [0.3, 0.4) is 0 Å². The van der Waals surface area contributed by atoms with Crippen LogP contribution in [0.2, 0.25) is 0 Å². The van der Waals surface area contributed by atoms with E-state index in [1.54, 1.807) is 0 Å². The molecule has 0 spiro atoms. The number of para-hydroxylation sites is 1. The molecule has 11 rings (SSSR count). The van der Waals surface area contributed by atoms with E-state index < -0.39 is 0 Å². The highest BCUT2D eigenvalue weighted by Crippen LogP contribution is 2.43. The molecule has 0 amide bonds. The lowest BCUT2D eigenvalue weighted by Gasteiger charge is -2.28. The second-order valence-electron chi connectivity index (χ2n) is 15.0. The Kier molecular flexibility index (Phi) is 8.19. The van der Waals surface area contributed by atoms with Crippen LogP contribution in [-0.4, -0.2) is 4.57 Å². The van der Waals surface area contributed by atoms with Crippen molar-refractivity contribution < 1.29 is 0 Å². The van der Waals surface area contributed by atoms with Gasteiger partial charge >= 0.3 is 0 Å². The zero-order chi connectivity index (χ0) is 38.4. The first-order valence-electron chi connectivity index (χ1n) is 19.9. The van der Waals surface area contributed by atoms with Gasteiger partial charge in [0.05, 0.1) is 16.7 Å². The van der Waals surface area contributed by atoms with Gasteiger partial charge in [-0.1, -0.05) is 170 Å². The molecule has 0 aliphatic carbocycles. The maximum Gasteiger partial charge on any atom is 0.0547 e. The Hall–Kier alpha value is -7.68. The molecule has 10 aromatic carbocycles.